The molecule has 0 aliphatic carbocycles. The fraction of sp³-hybridized carbons (Fsp3) is 0.556. The minimum Gasteiger partial charge on any atom is -0.338 e. The molecule has 1 aromatic carbocycles. The lowest BCUT2D eigenvalue weighted by Crippen LogP contribution is -2.42. The van der Waals surface area contributed by atoms with Crippen molar-refractivity contribution in [3.05, 3.63) is 35.4 Å². The van der Waals surface area contributed by atoms with Crippen LogP contribution in [-0.4, -0.2) is 42.3 Å². The smallest absolute Gasteiger partial charge is 0.223 e. The predicted octanol–water partition coefficient (Wildman–Crippen LogP) is 2.56. The summed E-state index contributed by atoms with van der Waals surface area (Å²) in [5, 5.41) is 3.30. The van der Waals surface area contributed by atoms with Crippen molar-refractivity contribution in [1.29, 1.82) is 0 Å². The topological polar surface area (TPSA) is 49.4 Å². The van der Waals surface area contributed by atoms with E-state index in [4.69, 9.17) is 0 Å². The number of nitrogens with one attached hydrogen (secondary N) is 1. The van der Waals surface area contributed by atoms with Gasteiger partial charge in [-0.3, -0.25) is 9.59 Å². The van der Waals surface area contributed by atoms with Gasteiger partial charge in [-0.1, -0.05) is 36.8 Å². The average molecular weight is 302 g/mol. The monoisotopic (exact) mass is 302 g/mol. The van der Waals surface area contributed by atoms with Crippen molar-refractivity contribution in [2.24, 2.45) is 0 Å². The minimum atomic E-state index is 0.0503. The van der Waals surface area contributed by atoms with Crippen molar-refractivity contribution in [2.45, 2.75) is 45.6 Å². The highest BCUT2D eigenvalue weighted by atomic mass is 16.2. The van der Waals surface area contributed by atoms with Gasteiger partial charge in [0, 0.05) is 37.5 Å². The van der Waals surface area contributed by atoms with Gasteiger partial charge in [-0.15, -0.1) is 0 Å². The third-order valence-electron chi connectivity index (χ3n) is 4.20. The van der Waals surface area contributed by atoms with Crippen LogP contribution < -0.4 is 5.32 Å². The molecule has 4 heteroatoms. The fourth-order valence-electron chi connectivity index (χ4n) is 2.91. The SMILES string of the molecule is CCCN(C(=O)CCC(=O)c1ccc(C)cc1)C1CCNC1. The summed E-state index contributed by atoms with van der Waals surface area (Å²) in [4.78, 5) is 26.6. The molecule has 2 rings (SSSR count). The molecular weight excluding hydrogens is 276 g/mol. The second-order valence-corrected chi connectivity index (χ2v) is 6.02. The molecule has 0 radical (unpaired) electrons. The Morgan fingerprint density at radius 1 is 1.23 bits per heavy atom. The van der Waals surface area contributed by atoms with E-state index in [0.717, 1.165) is 38.0 Å². The van der Waals surface area contributed by atoms with Gasteiger partial charge in [0.05, 0.1) is 0 Å². The van der Waals surface area contributed by atoms with Crippen molar-refractivity contribution in [1.82, 2.24) is 10.2 Å². The molecule has 120 valence electrons. The van der Waals surface area contributed by atoms with E-state index >= 15 is 0 Å². The van der Waals surface area contributed by atoms with Crippen molar-refractivity contribution >= 4 is 11.7 Å². The maximum Gasteiger partial charge on any atom is 0.223 e. The summed E-state index contributed by atoms with van der Waals surface area (Å²) >= 11 is 0. The highest BCUT2D eigenvalue weighted by Crippen LogP contribution is 2.14. The van der Waals surface area contributed by atoms with Crippen LogP contribution in [0.25, 0.3) is 0 Å². The molecule has 1 amide bonds. The van der Waals surface area contributed by atoms with E-state index in [-0.39, 0.29) is 11.7 Å². The predicted molar refractivity (Wildman–Crippen MR) is 88.0 cm³/mol. The van der Waals surface area contributed by atoms with E-state index in [2.05, 4.69) is 12.2 Å². The maximum atomic E-state index is 12.5. The first-order valence-electron chi connectivity index (χ1n) is 8.22. The van der Waals surface area contributed by atoms with Gasteiger partial charge in [-0.25, -0.2) is 0 Å². The summed E-state index contributed by atoms with van der Waals surface area (Å²) in [7, 11) is 0. The number of carbonyl (C=O) groups is 2. The lowest BCUT2D eigenvalue weighted by atomic mass is 10.0. The number of hydrogen-bond donors (Lipinski definition) is 1. The van der Waals surface area contributed by atoms with Crippen LogP contribution in [0.1, 0.15) is 48.5 Å². The van der Waals surface area contributed by atoms with Crippen LogP contribution in [-0.2, 0) is 4.79 Å². The number of aryl methyl sites for hydroxylation is 1. The van der Waals surface area contributed by atoms with Crippen LogP contribution in [0.4, 0.5) is 0 Å². The number of nitrogens with zero attached hydrogens (tertiary/aromatic N) is 1. The van der Waals surface area contributed by atoms with E-state index in [0.29, 0.717) is 24.4 Å². The molecule has 22 heavy (non-hydrogen) atoms. The number of Topliss-reactive ketones (excluding diaryl/α,β-unsaturated/α-hetero) is 1. The molecule has 0 bridgehead atoms. The molecule has 1 unspecified atom stereocenters. The number of hydrogen-bond acceptors (Lipinski definition) is 3. The molecular formula is C18H26N2O2. The van der Waals surface area contributed by atoms with Gasteiger partial charge in [-0.2, -0.15) is 0 Å². The molecule has 1 atom stereocenters. The van der Waals surface area contributed by atoms with Gasteiger partial charge in [-0.05, 0) is 26.3 Å². The van der Waals surface area contributed by atoms with E-state index in [9.17, 15) is 9.59 Å². The van der Waals surface area contributed by atoms with Crippen molar-refractivity contribution in [3.8, 4) is 0 Å². The Labute approximate surface area is 132 Å². The molecule has 1 N–H and O–H groups in total. The number of ketones is 1. The molecule has 1 aliphatic heterocycles. The zero-order valence-electron chi connectivity index (χ0n) is 13.6. The molecule has 1 heterocycles. The van der Waals surface area contributed by atoms with Crippen molar-refractivity contribution in [2.75, 3.05) is 19.6 Å². The van der Waals surface area contributed by atoms with Crippen LogP contribution in [0.3, 0.4) is 0 Å². The summed E-state index contributed by atoms with van der Waals surface area (Å²) in [6, 6.07) is 7.84. The summed E-state index contributed by atoms with van der Waals surface area (Å²) in [5.41, 5.74) is 1.83. The first-order valence-corrected chi connectivity index (χ1v) is 8.22. The van der Waals surface area contributed by atoms with E-state index < -0.39 is 0 Å². The Morgan fingerprint density at radius 3 is 2.55 bits per heavy atom. The lowest BCUT2D eigenvalue weighted by Gasteiger charge is -2.28. The van der Waals surface area contributed by atoms with Crippen LogP contribution in [0.5, 0.6) is 0 Å². The number of amides is 1. The van der Waals surface area contributed by atoms with Gasteiger partial charge >= 0.3 is 0 Å². The van der Waals surface area contributed by atoms with E-state index in [1.54, 1.807) is 0 Å². The molecule has 1 fully saturated rings. The van der Waals surface area contributed by atoms with Gasteiger partial charge < -0.3 is 10.2 Å². The quantitative estimate of drug-likeness (QED) is 0.788. The highest BCUT2D eigenvalue weighted by Gasteiger charge is 2.25. The number of rotatable bonds is 7. The Balaban J connectivity index is 1.89. The summed E-state index contributed by atoms with van der Waals surface area (Å²) in [6.07, 6.45) is 2.57. The Kier molecular flexibility index (Phi) is 6.13. The summed E-state index contributed by atoms with van der Waals surface area (Å²) in [5.74, 6) is 0.158. The van der Waals surface area contributed by atoms with Crippen LogP contribution in [0, 0.1) is 6.92 Å². The van der Waals surface area contributed by atoms with Crippen molar-refractivity contribution in [3.63, 3.8) is 0 Å². The molecule has 1 saturated heterocycles. The first-order chi connectivity index (χ1) is 10.6. The van der Waals surface area contributed by atoms with Gasteiger partial charge in [0.2, 0.25) is 5.91 Å². The first kappa shape index (κ1) is 16.7. The van der Waals surface area contributed by atoms with Crippen LogP contribution in [0.2, 0.25) is 0 Å². The Bertz CT molecular complexity index is 504. The average Bonchev–Trinajstić information content (AvgIpc) is 3.04. The molecule has 1 aromatic rings. The minimum absolute atomic E-state index is 0.0503. The molecule has 0 spiro atoms. The van der Waals surface area contributed by atoms with Gasteiger partial charge in [0.15, 0.2) is 5.78 Å². The normalized spacial score (nSPS) is 17.5. The summed E-state index contributed by atoms with van der Waals surface area (Å²) in [6.45, 7) is 6.71. The molecule has 0 aromatic heterocycles. The zero-order chi connectivity index (χ0) is 15.9. The highest BCUT2D eigenvalue weighted by molar-refractivity contribution is 5.98. The summed E-state index contributed by atoms with van der Waals surface area (Å²) < 4.78 is 0. The van der Waals surface area contributed by atoms with Crippen molar-refractivity contribution < 1.29 is 9.59 Å². The van der Waals surface area contributed by atoms with Gasteiger partial charge in [0.25, 0.3) is 0 Å². The van der Waals surface area contributed by atoms with Crippen LogP contribution in [0.15, 0.2) is 24.3 Å². The van der Waals surface area contributed by atoms with E-state index in [1.807, 2.05) is 36.1 Å². The Morgan fingerprint density at radius 2 is 1.95 bits per heavy atom. The van der Waals surface area contributed by atoms with Gasteiger partial charge in [0.1, 0.15) is 0 Å². The Hall–Kier alpha value is -1.68. The molecule has 1 aliphatic rings. The van der Waals surface area contributed by atoms with E-state index in [1.165, 1.54) is 0 Å². The molecule has 4 nitrogen and oxygen atoms in total. The number of benzene rings is 1. The zero-order valence-corrected chi connectivity index (χ0v) is 13.6. The third-order valence-corrected chi connectivity index (χ3v) is 4.20. The van der Waals surface area contributed by atoms with Crippen LogP contribution >= 0.6 is 0 Å². The maximum absolute atomic E-state index is 12.5. The standard InChI is InChI=1S/C18H26N2O2/c1-3-12-20(16-10-11-19-13-16)18(22)9-8-17(21)15-6-4-14(2)5-7-15/h4-7,16,19H,3,8-13H2,1-2H3. The fourth-order valence-corrected chi connectivity index (χ4v) is 2.91. The number of carbonyl (C=O) groups excluding carboxylic acids is 2. The second kappa shape index (κ2) is 8.08. The largest absolute Gasteiger partial charge is 0.338 e. The third kappa shape index (κ3) is 4.41. The second-order valence-electron chi connectivity index (χ2n) is 6.02. The lowest BCUT2D eigenvalue weighted by molar-refractivity contribution is -0.133. The molecule has 0 saturated carbocycles.